The van der Waals surface area contributed by atoms with Crippen LogP contribution < -0.4 is 5.32 Å². The molecule has 0 bridgehead atoms. The van der Waals surface area contributed by atoms with Crippen LogP contribution in [0.5, 0.6) is 0 Å². The molecule has 1 aromatic carbocycles. The summed E-state index contributed by atoms with van der Waals surface area (Å²) in [5.41, 5.74) is 3.86. The van der Waals surface area contributed by atoms with Crippen LogP contribution in [0.4, 0.5) is 10.3 Å². The number of carbonyl (C=O) groups is 1. The van der Waals surface area contributed by atoms with Crippen LogP contribution in [0.3, 0.4) is 0 Å². The molecule has 0 spiro atoms. The maximum absolute atomic E-state index is 13.9. The van der Waals surface area contributed by atoms with Gasteiger partial charge in [0.15, 0.2) is 11.3 Å². The Labute approximate surface area is 187 Å². The summed E-state index contributed by atoms with van der Waals surface area (Å²) in [4.78, 5) is 21.2. The number of rotatable bonds is 6. The van der Waals surface area contributed by atoms with Crippen molar-refractivity contribution in [1.82, 2.24) is 39.1 Å². The molecule has 5 aromatic rings. The van der Waals surface area contributed by atoms with Crippen LogP contribution in [-0.4, -0.2) is 45.1 Å². The third-order valence-electron chi connectivity index (χ3n) is 5.32. The highest BCUT2D eigenvalue weighted by Crippen LogP contribution is 2.23. The summed E-state index contributed by atoms with van der Waals surface area (Å²) in [6.45, 7) is 4.96. The number of fused-ring (bicyclic) bond motifs is 1. The van der Waals surface area contributed by atoms with Crippen LogP contribution in [-0.2, 0) is 13.1 Å². The predicted octanol–water partition coefficient (Wildman–Crippen LogP) is 2.95. The second-order valence-corrected chi connectivity index (χ2v) is 7.40. The molecule has 4 aromatic heterocycles. The molecule has 10 nitrogen and oxygen atoms in total. The zero-order chi connectivity index (χ0) is 22.9. The zero-order valence-electron chi connectivity index (χ0n) is 18.0. The highest BCUT2D eigenvalue weighted by Gasteiger charge is 2.18. The Bertz CT molecular complexity index is 1470. The van der Waals surface area contributed by atoms with E-state index in [1.54, 1.807) is 41.2 Å². The van der Waals surface area contributed by atoms with Crippen molar-refractivity contribution in [2.24, 2.45) is 0 Å². The van der Waals surface area contributed by atoms with E-state index in [1.165, 1.54) is 17.1 Å². The summed E-state index contributed by atoms with van der Waals surface area (Å²) < 4.78 is 18.8. The number of anilines is 1. The third kappa shape index (κ3) is 3.84. The van der Waals surface area contributed by atoms with Crippen molar-refractivity contribution >= 4 is 17.5 Å². The van der Waals surface area contributed by atoms with E-state index in [9.17, 15) is 9.18 Å². The van der Waals surface area contributed by atoms with E-state index in [4.69, 9.17) is 0 Å². The van der Waals surface area contributed by atoms with E-state index in [1.807, 2.05) is 24.6 Å². The molecular weight excluding hydrogens is 425 g/mol. The van der Waals surface area contributed by atoms with E-state index in [0.29, 0.717) is 11.2 Å². The number of nitrogens with one attached hydrogen (secondary N) is 1. The standard InChI is InChI=1S/C22H20FN9O/c1-3-31-14(2)16(11-26-31)19-8-9-24-20-10-18(28-32(19)20)21(33)27-22-25-13-30(29-22)12-15-6-4-5-7-17(15)23/h4-11,13H,3,12H2,1-2H3,(H,27,29,33). The average molecular weight is 445 g/mol. The largest absolute Gasteiger partial charge is 0.288 e. The molecule has 33 heavy (non-hydrogen) atoms. The smallest absolute Gasteiger partial charge is 0.278 e. The fourth-order valence-corrected chi connectivity index (χ4v) is 3.62. The second kappa shape index (κ2) is 8.26. The van der Waals surface area contributed by atoms with Crippen molar-refractivity contribution in [2.45, 2.75) is 26.9 Å². The molecule has 1 N–H and O–H groups in total. The Balaban J connectivity index is 1.38. The van der Waals surface area contributed by atoms with E-state index < -0.39 is 5.91 Å². The SMILES string of the molecule is CCn1ncc(-c2ccnc3cc(C(=O)Nc4ncn(Cc5ccccc5F)n4)nn23)c1C. The van der Waals surface area contributed by atoms with Crippen LogP contribution in [0.25, 0.3) is 16.9 Å². The minimum absolute atomic E-state index is 0.0987. The number of halogens is 1. The quantitative estimate of drug-likeness (QED) is 0.431. The third-order valence-corrected chi connectivity index (χ3v) is 5.32. The van der Waals surface area contributed by atoms with Gasteiger partial charge >= 0.3 is 0 Å². The molecule has 0 saturated heterocycles. The summed E-state index contributed by atoms with van der Waals surface area (Å²) in [7, 11) is 0. The summed E-state index contributed by atoms with van der Waals surface area (Å²) in [6, 6.07) is 9.85. The number of benzene rings is 1. The highest BCUT2D eigenvalue weighted by atomic mass is 19.1. The van der Waals surface area contributed by atoms with Gasteiger partial charge in [-0.3, -0.25) is 14.8 Å². The molecule has 0 aliphatic carbocycles. The van der Waals surface area contributed by atoms with Crippen molar-refractivity contribution in [1.29, 1.82) is 0 Å². The fraction of sp³-hybridized carbons (Fsp3) is 0.182. The Morgan fingerprint density at radius 1 is 1.15 bits per heavy atom. The van der Waals surface area contributed by atoms with Gasteiger partial charge in [0, 0.05) is 35.6 Å². The van der Waals surface area contributed by atoms with Gasteiger partial charge in [0.2, 0.25) is 5.95 Å². The number of aromatic nitrogens is 8. The highest BCUT2D eigenvalue weighted by molar-refractivity contribution is 6.02. The number of hydrogen-bond acceptors (Lipinski definition) is 6. The minimum Gasteiger partial charge on any atom is -0.288 e. The van der Waals surface area contributed by atoms with Crippen molar-refractivity contribution in [3.8, 4) is 11.3 Å². The molecule has 4 heterocycles. The van der Waals surface area contributed by atoms with Gasteiger partial charge in [-0.25, -0.2) is 23.6 Å². The Hall–Kier alpha value is -4.41. The van der Waals surface area contributed by atoms with Crippen molar-refractivity contribution in [3.63, 3.8) is 0 Å². The van der Waals surface area contributed by atoms with Gasteiger partial charge in [-0.15, -0.1) is 5.10 Å². The lowest BCUT2D eigenvalue weighted by Crippen LogP contribution is -2.14. The molecule has 5 rings (SSSR count). The Morgan fingerprint density at radius 3 is 2.79 bits per heavy atom. The second-order valence-electron chi connectivity index (χ2n) is 7.40. The van der Waals surface area contributed by atoms with Crippen LogP contribution >= 0.6 is 0 Å². The minimum atomic E-state index is -0.476. The van der Waals surface area contributed by atoms with Crippen molar-refractivity contribution in [2.75, 3.05) is 5.32 Å². The first-order valence-corrected chi connectivity index (χ1v) is 10.3. The number of nitrogens with zero attached hydrogens (tertiary/aromatic N) is 8. The van der Waals surface area contributed by atoms with Crippen LogP contribution in [0.2, 0.25) is 0 Å². The average Bonchev–Trinajstić information content (AvgIpc) is 3.53. The number of aryl methyl sites for hydroxylation is 1. The first-order chi connectivity index (χ1) is 16.0. The number of amides is 1. The molecule has 0 aliphatic heterocycles. The van der Waals surface area contributed by atoms with E-state index >= 15 is 0 Å². The normalized spacial score (nSPS) is 11.2. The van der Waals surface area contributed by atoms with Gasteiger partial charge < -0.3 is 0 Å². The Morgan fingerprint density at radius 2 is 2.00 bits per heavy atom. The van der Waals surface area contributed by atoms with Gasteiger partial charge in [-0.1, -0.05) is 18.2 Å². The monoisotopic (exact) mass is 445 g/mol. The van der Waals surface area contributed by atoms with E-state index in [-0.39, 0.29) is 24.0 Å². The molecule has 0 fully saturated rings. The topological polar surface area (TPSA) is 108 Å². The maximum Gasteiger partial charge on any atom is 0.278 e. The molecule has 0 aliphatic rings. The maximum atomic E-state index is 13.9. The van der Waals surface area contributed by atoms with Crippen LogP contribution in [0, 0.1) is 12.7 Å². The van der Waals surface area contributed by atoms with E-state index in [2.05, 4.69) is 30.6 Å². The van der Waals surface area contributed by atoms with Gasteiger partial charge in [0.05, 0.1) is 18.4 Å². The van der Waals surface area contributed by atoms with Gasteiger partial charge in [0.25, 0.3) is 5.91 Å². The lowest BCUT2D eigenvalue weighted by atomic mass is 10.2. The zero-order valence-corrected chi connectivity index (χ0v) is 18.0. The molecule has 0 radical (unpaired) electrons. The Kier molecular flexibility index (Phi) is 5.13. The number of carbonyl (C=O) groups excluding carboxylic acids is 1. The predicted molar refractivity (Wildman–Crippen MR) is 118 cm³/mol. The molecule has 0 saturated carbocycles. The molecule has 0 unspecified atom stereocenters. The fourth-order valence-electron chi connectivity index (χ4n) is 3.62. The van der Waals surface area contributed by atoms with Gasteiger partial charge in [-0.2, -0.15) is 10.2 Å². The molecular formula is C22H20FN9O. The van der Waals surface area contributed by atoms with Crippen LogP contribution in [0.15, 0.2) is 55.1 Å². The first-order valence-electron chi connectivity index (χ1n) is 10.3. The van der Waals surface area contributed by atoms with Gasteiger partial charge in [0.1, 0.15) is 12.1 Å². The lowest BCUT2D eigenvalue weighted by molar-refractivity contribution is 0.102. The summed E-state index contributed by atoms with van der Waals surface area (Å²) in [5.74, 6) is -0.705. The first kappa shape index (κ1) is 20.5. The summed E-state index contributed by atoms with van der Waals surface area (Å²) >= 11 is 0. The number of hydrogen-bond donors (Lipinski definition) is 1. The van der Waals surface area contributed by atoms with Crippen molar-refractivity contribution in [3.05, 3.63) is 77.9 Å². The van der Waals surface area contributed by atoms with E-state index in [0.717, 1.165) is 23.5 Å². The van der Waals surface area contributed by atoms with Crippen LogP contribution in [0.1, 0.15) is 28.7 Å². The molecule has 166 valence electrons. The molecule has 0 atom stereocenters. The summed E-state index contributed by atoms with van der Waals surface area (Å²) in [5, 5.41) is 15.7. The van der Waals surface area contributed by atoms with Gasteiger partial charge in [-0.05, 0) is 26.0 Å². The van der Waals surface area contributed by atoms with Crippen molar-refractivity contribution < 1.29 is 9.18 Å². The molecule has 11 heteroatoms. The molecule has 1 amide bonds. The lowest BCUT2D eigenvalue weighted by Gasteiger charge is -2.04. The summed E-state index contributed by atoms with van der Waals surface area (Å²) in [6.07, 6.45) is 4.88.